The van der Waals surface area contributed by atoms with Crippen LogP contribution in [0.5, 0.6) is 0 Å². The molecular formula is C32H27ClN2O6. The zero-order valence-electron chi connectivity index (χ0n) is 22.2. The zero-order chi connectivity index (χ0) is 28.6. The lowest BCUT2D eigenvalue weighted by Crippen LogP contribution is -2.48. The summed E-state index contributed by atoms with van der Waals surface area (Å²) >= 11 is 6.05. The van der Waals surface area contributed by atoms with Crippen LogP contribution in [0.3, 0.4) is 0 Å². The summed E-state index contributed by atoms with van der Waals surface area (Å²) in [6.07, 6.45) is 2.56. The number of hydrogen-bond acceptors (Lipinski definition) is 6. The molecule has 1 saturated carbocycles. The third kappa shape index (κ3) is 3.57. The van der Waals surface area contributed by atoms with Gasteiger partial charge in [0.2, 0.25) is 23.6 Å². The molecule has 6 unspecified atom stereocenters. The van der Waals surface area contributed by atoms with E-state index >= 15 is 0 Å². The Balaban J connectivity index is 1.35. The molecule has 2 saturated heterocycles. The third-order valence-corrected chi connectivity index (χ3v) is 9.75. The van der Waals surface area contributed by atoms with Gasteiger partial charge >= 0.3 is 0 Å². The summed E-state index contributed by atoms with van der Waals surface area (Å²) in [4.78, 5) is 58.4. The average Bonchev–Trinajstić information content (AvgIpc) is 3.61. The Kier molecular flexibility index (Phi) is 5.85. The molecule has 4 amide bonds. The molecule has 1 aromatic heterocycles. The Morgan fingerprint density at radius 2 is 1.59 bits per heavy atom. The minimum atomic E-state index is -1.19. The summed E-state index contributed by atoms with van der Waals surface area (Å²) in [5.74, 6) is -3.52. The molecule has 0 radical (unpaired) electrons. The van der Waals surface area contributed by atoms with Gasteiger partial charge in [-0.05, 0) is 74.2 Å². The molecule has 8 nitrogen and oxygen atoms in total. The van der Waals surface area contributed by atoms with Crippen molar-refractivity contribution in [3.63, 3.8) is 0 Å². The predicted octanol–water partition coefficient (Wildman–Crippen LogP) is 4.86. The first-order chi connectivity index (χ1) is 19.8. The number of halogens is 1. The van der Waals surface area contributed by atoms with Crippen LogP contribution in [0, 0.1) is 29.1 Å². The van der Waals surface area contributed by atoms with E-state index in [2.05, 4.69) is 0 Å². The Hall–Kier alpha value is -4.01. The number of hydrogen-bond donors (Lipinski definition) is 1. The lowest BCUT2D eigenvalue weighted by atomic mass is 9.52. The van der Waals surface area contributed by atoms with Gasteiger partial charge in [-0.1, -0.05) is 41.4 Å². The van der Waals surface area contributed by atoms with Crippen molar-refractivity contribution in [1.29, 1.82) is 0 Å². The molecule has 7 rings (SSSR count). The summed E-state index contributed by atoms with van der Waals surface area (Å²) in [6, 6.07) is 18.8. The van der Waals surface area contributed by atoms with E-state index in [1.807, 2.05) is 12.1 Å². The maximum absolute atomic E-state index is 14.3. The Morgan fingerprint density at radius 1 is 0.878 bits per heavy atom. The van der Waals surface area contributed by atoms with Crippen molar-refractivity contribution in [3.05, 3.63) is 94.9 Å². The van der Waals surface area contributed by atoms with E-state index in [4.69, 9.17) is 16.0 Å². The van der Waals surface area contributed by atoms with E-state index in [0.29, 0.717) is 34.3 Å². The molecule has 0 spiro atoms. The van der Waals surface area contributed by atoms with Crippen LogP contribution >= 0.6 is 11.6 Å². The normalized spacial score (nSPS) is 30.8. The van der Waals surface area contributed by atoms with Gasteiger partial charge < -0.3 is 9.52 Å². The maximum atomic E-state index is 14.3. The first-order valence-electron chi connectivity index (χ1n) is 13.7. The molecule has 2 aliphatic heterocycles. The Morgan fingerprint density at radius 3 is 2.27 bits per heavy atom. The van der Waals surface area contributed by atoms with Crippen LogP contribution in [-0.2, 0) is 25.8 Å². The number of nitrogens with zero attached hydrogens (tertiary/aromatic N) is 2. The number of allylic oxidation sites excluding steroid dienone is 2. The highest BCUT2D eigenvalue weighted by molar-refractivity contribution is 6.31. The van der Waals surface area contributed by atoms with Crippen molar-refractivity contribution in [1.82, 2.24) is 0 Å². The number of rotatable bonds is 4. The highest BCUT2D eigenvalue weighted by Gasteiger charge is 2.68. The number of aliphatic hydroxyl groups excluding tert-OH is 1. The summed E-state index contributed by atoms with van der Waals surface area (Å²) < 4.78 is 6.03. The quantitative estimate of drug-likeness (QED) is 0.354. The topological polar surface area (TPSA) is 108 Å². The molecule has 3 fully saturated rings. The van der Waals surface area contributed by atoms with E-state index in [-0.39, 0.29) is 36.7 Å². The first kappa shape index (κ1) is 25.9. The average molecular weight is 571 g/mol. The lowest BCUT2D eigenvalue weighted by Gasteiger charge is -2.48. The van der Waals surface area contributed by atoms with Crippen molar-refractivity contribution in [2.24, 2.45) is 29.1 Å². The first-order valence-corrected chi connectivity index (χ1v) is 14.1. The number of anilines is 2. The van der Waals surface area contributed by atoms with Gasteiger partial charge in [-0.15, -0.1) is 0 Å². The number of carbonyl (C=O) groups is 4. The van der Waals surface area contributed by atoms with Crippen LogP contribution in [0.15, 0.2) is 82.8 Å². The molecule has 6 atom stereocenters. The summed E-state index contributed by atoms with van der Waals surface area (Å²) in [6.45, 7) is 1.49. The maximum Gasteiger partial charge on any atom is 0.241 e. The van der Waals surface area contributed by atoms with Gasteiger partial charge in [-0.3, -0.25) is 24.1 Å². The van der Waals surface area contributed by atoms with Gasteiger partial charge in [0.25, 0.3) is 0 Å². The van der Waals surface area contributed by atoms with Crippen molar-refractivity contribution in [3.8, 4) is 0 Å². The number of aliphatic hydroxyl groups is 1. The molecule has 9 heteroatoms. The summed E-state index contributed by atoms with van der Waals surface area (Å²) in [5.41, 5.74) is 0.592. The smallest absolute Gasteiger partial charge is 0.241 e. The Labute approximate surface area is 241 Å². The van der Waals surface area contributed by atoms with Gasteiger partial charge in [0.1, 0.15) is 18.1 Å². The number of furan rings is 1. The highest BCUT2D eigenvalue weighted by Crippen LogP contribution is 2.63. The van der Waals surface area contributed by atoms with Crippen LogP contribution in [-0.4, -0.2) is 28.7 Å². The molecule has 3 heterocycles. The Bertz CT molecular complexity index is 1630. The van der Waals surface area contributed by atoms with Crippen molar-refractivity contribution in [2.45, 2.75) is 32.3 Å². The second kappa shape index (κ2) is 9.26. The molecule has 208 valence electrons. The van der Waals surface area contributed by atoms with E-state index in [0.717, 1.165) is 5.57 Å². The van der Waals surface area contributed by atoms with E-state index in [1.165, 1.54) is 9.80 Å². The molecule has 4 aliphatic rings. The number of fused-ring (bicyclic) bond motifs is 4. The number of benzene rings is 2. The second-order valence-electron chi connectivity index (χ2n) is 11.4. The van der Waals surface area contributed by atoms with Gasteiger partial charge in [0.05, 0.1) is 40.5 Å². The second-order valence-corrected chi connectivity index (χ2v) is 11.9. The molecule has 1 N–H and O–H groups in total. The fraction of sp³-hybridized carbons (Fsp3) is 0.312. The van der Waals surface area contributed by atoms with E-state index in [1.54, 1.807) is 67.6 Å². The number of imide groups is 2. The minimum absolute atomic E-state index is 0.259. The SMILES string of the molecule is CC12C(=O)N(c3ccccc3)C(=O)C1CC1C(=CCC3C(=O)N(c4ccc(Cl)cc4)C(=O)C31)C2c1ccc(CO)o1. The van der Waals surface area contributed by atoms with Crippen LogP contribution in [0.4, 0.5) is 11.4 Å². The van der Waals surface area contributed by atoms with Crippen molar-refractivity contribution >= 4 is 46.6 Å². The standard InChI is InChI=1S/C32H27ClN2O6/c1-32-24(29(38)35(31(32)40)18-5-3-2-4-6-18)15-23-21(27(32)25-14-11-20(16-36)41-25)12-13-22-26(23)30(39)34(28(22)37)19-9-7-17(33)8-10-19/h2-12,14,22-24,26-27,36H,13,15-16H2,1H3. The zero-order valence-corrected chi connectivity index (χ0v) is 23.0. The monoisotopic (exact) mass is 570 g/mol. The van der Waals surface area contributed by atoms with Crippen LogP contribution < -0.4 is 9.80 Å². The number of para-hydroxylation sites is 1. The summed E-state index contributed by atoms with van der Waals surface area (Å²) in [7, 11) is 0. The fourth-order valence-corrected chi connectivity index (χ4v) is 7.74. The number of carbonyl (C=O) groups excluding carboxylic acids is 4. The van der Waals surface area contributed by atoms with E-state index in [9.17, 15) is 24.3 Å². The van der Waals surface area contributed by atoms with Crippen LogP contribution in [0.25, 0.3) is 0 Å². The largest absolute Gasteiger partial charge is 0.463 e. The number of amides is 4. The molecule has 2 aliphatic carbocycles. The van der Waals surface area contributed by atoms with Crippen LogP contribution in [0.1, 0.15) is 37.2 Å². The van der Waals surface area contributed by atoms with Gasteiger partial charge in [-0.2, -0.15) is 0 Å². The lowest BCUT2D eigenvalue weighted by molar-refractivity contribution is -0.131. The molecule has 41 heavy (non-hydrogen) atoms. The minimum Gasteiger partial charge on any atom is -0.463 e. The van der Waals surface area contributed by atoms with Gasteiger partial charge in [0.15, 0.2) is 0 Å². The fourth-order valence-electron chi connectivity index (χ4n) is 7.62. The predicted molar refractivity (Wildman–Crippen MR) is 150 cm³/mol. The highest BCUT2D eigenvalue weighted by atomic mass is 35.5. The van der Waals surface area contributed by atoms with Crippen LogP contribution in [0.2, 0.25) is 5.02 Å². The molecule has 0 bridgehead atoms. The molecule has 2 aromatic carbocycles. The van der Waals surface area contributed by atoms with Gasteiger partial charge in [0, 0.05) is 5.02 Å². The van der Waals surface area contributed by atoms with Crippen molar-refractivity contribution in [2.75, 3.05) is 9.80 Å². The van der Waals surface area contributed by atoms with E-state index < -0.39 is 35.0 Å². The molecular weight excluding hydrogens is 544 g/mol. The van der Waals surface area contributed by atoms with Crippen molar-refractivity contribution < 1.29 is 28.7 Å². The third-order valence-electron chi connectivity index (χ3n) is 9.50. The molecule has 3 aromatic rings. The summed E-state index contributed by atoms with van der Waals surface area (Å²) in [5, 5.41) is 10.2. The van der Waals surface area contributed by atoms with Gasteiger partial charge in [-0.25, -0.2) is 4.90 Å².